The van der Waals surface area contributed by atoms with E-state index in [1.165, 1.54) is 0 Å². The van der Waals surface area contributed by atoms with Crippen LogP contribution in [0.2, 0.25) is 0 Å². The second-order valence-corrected chi connectivity index (χ2v) is 2.59. The molecule has 1 aliphatic rings. The molecule has 0 spiro atoms. The van der Waals surface area contributed by atoms with Gasteiger partial charge in [-0.3, -0.25) is 0 Å². The Bertz CT molecular complexity index is 97.1. The first-order valence-corrected chi connectivity index (χ1v) is 3.25. The molecule has 3 heteroatoms. The van der Waals surface area contributed by atoms with E-state index in [-0.39, 0.29) is 6.04 Å². The van der Waals surface area contributed by atoms with Gasteiger partial charge in [-0.15, -0.1) is 0 Å². The zero-order chi connectivity index (χ0) is 6.85. The molecule has 1 aliphatic heterocycles. The van der Waals surface area contributed by atoms with Crippen molar-refractivity contribution >= 4 is 0 Å². The number of aliphatic hydroxyl groups is 1. The largest absolute Gasteiger partial charge is 0.392 e. The molecule has 2 N–H and O–H groups in total. The highest BCUT2D eigenvalue weighted by Gasteiger charge is 2.26. The minimum atomic E-state index is -0.760. The van der Waals surface area contributed by atoms with Crippen LogP contribution < -0.4 is 5.32 Å². The molecule has 0 aliphatic carbocycles. The highest BCUT2D eigenvalue weighted by Crippen LogP contribution is 2.12. The Morgan fingerprint density at radius 1 is 1.78 bits per heavy atom. The van der Waals surface area contributed by atoms with E-state index in [9.17, 15) is 4.39 Å². The van der Waals surface area contributed by atoms with Crippen molar-refractivity contribution in [3.8, 4) is 0 Å². The molecule has 2 nitrogen and oxygen atoms in total. The van der Waals surface area contributed by atoms with E-state index in [4.69, 9.17) is 5.11 Å². The quantitative estimate of drug-likeness (QED) is 0.530. The van der Waals surface area contributed by atoms with Gasteiger partial charge in [0.2, 0.25) is 0 Å². The fourth-order valence-electron chi connectivity index (χ4n) is 1.09. The standard InChI is InChI=1S/C6H12FNO/c1-4(9)6-2-5(7)3-8-6/h4-6,8-9H,2-3H2,1H3/t4-,5+,6+/m1/s1. The molecule has 0 amide bonds. The zero-order valence-electron chi connectivity index (χ0n) is 5.47. The summed E-state index contributed by atoms with van der Waals surface area (Å²) in [6, 6.07) is -0.0278. The van der Waals surface area contributed by atoms with Gasteiger partial charge in [-0.25, -0.2) is 4.39 Å². The number of aliphatic hydroxyl groups excluding tert-OH is 1. The first-order chi connectivity index (χ1) is 4.20. The first-order valence-electron chi connectivity index (χ1n) is 3.25. The van der Waals surface area contributed by atoms with Crippen LogP contribution in [0.4, 0.5) is 4.39 Å². The third kappa shape index (κ3) is 1.63. The van der Waals surface area contributed by atoms with E-state index in [1.807, 2.05) is 0 Å². The molecular weight excluding hydrogens is 121 g/mol. The van der Waals surface area contributed by atoms with Crippen LogP contribution in [0.25, 0.3) is 0 Å². The first kappa shape index (κ1) is 6.96. The Kier molecular flexibility index (Phi) is 2.03. The molecule has 0 aromatic carbocycles. The summed E-state index contributed by atoms with van der Waals surface area (Å²) >= 11 is 0. The number of hydrogen-bond donors (Lipinski definition) is 2. The maximum absolute atomic E-state index is 12.4. The predicted molar refractivity (Wildman–Crippen MR) is 33.0 cm³/mol. The van der Waals surface area contributed by atoms with Crippen LogP contribution in [0.1, 0.15) is 13.3 Å². The van der Waals surface area contributed by atoms with Gasteiger partial charge in [0.1, 0.15) is 6.17 Å². The summed E-state index contributed by atoms with van der Waals surface area (Å²) in [7, 11) is 0. The number of nitrogens with one attached hydrogen (secondary N) is 1. The zero-order valence-corrected chi connectivity index (χ0v) is 5.47. The molecular formula is C6H12FNO. The highest BCUT2D eigenvalue weighted by atomic mass is 19.1. The Balaban J connectivity index is 2.30. The van der Waals surface area contributed by atoms with Gasteiger partial charge >= 0.3 is 0 Å². The van der Waals surface area contributed by atoms with Crippen LogP contribution in [0, 0.1) is 0 Å². The monoisotopic (exact) mass is 133 g/mol. The molecule has 9 heavy (non-hydrogen) atoms. The molecule has 0 bridgehead atoms. The number of rotatable bonds is 1. The summed E-state index contributed by atoms with van der Waals surface area (Å²) < 4.78 is 12.4. The molecule has 3 atom stereocenters. The molecule has 54 valence electrons. The average molecular weight is 133 g/mol. The molecule has 0 aromatic heterocycles. The second kappa shape index (κ2) is 2.62. The maximum atomic E-state index is 12.4. The van der Waals surface area contributed by atoms with E-state index in [1.54, 1.807) is 6.92 Å². The molecule has 0 unspecified atom stereocenters. The van der Waals surface area contributed by atoms with Gasteiger partial charge < -0.3 is 10.4 Å². The third-order valence-electron chi connectivity index (χ3n) is 1.69. The molecule has 1 fully saturated rings. The Morgan fingerprint density at radius 2 is 2.44 bits per heavy atom. The Morgan fingerprint density at radius 3 is 2.67 bits per heavy atom. The number of hydrogen-bond acceptors (Lipinski definition) is 2. The van der Waals surface area contributed by atoms with E-state index >= 15 is 0 Å². The maximum Gasteiger partial charge on any atom is 0.114 e. The molecule has 1 saturated heterocycles. The van der Waals surface area contributed by atoms with Gasteiger partial charge in [0, 0.05) is 12.6 Å². The van der Waals surface area contributed by atoms with Gasteiger partial charge in [-0.1, -0.05) is 0 Å². The van der Waals surface area contributed by atoms with Gasteiger partial charge in [0.05, 0.1) is 6.10 Å². The van der Waals surface area contributed by atoms with Crippen LogP contribution in [0.5, 0.6) is 0 Å². The molecule has 1 rings (SSSR count). The third-order valence-corrected chi connectivity index (χ3v) is 1.69. The van der Waals surface area contributed by atoms with Crippen LogP contribution >= 0.6 is 0 Å². The van der Waals surface area contributed by atoms with Crippen LogP contribution in [0.3, 0.4) is 0 Å². The fourth-order valence-corrected chi connectivity index (χ4v) is 1.09. The Labute approximate surface area is 54.1 Å². The van der Waals surface area contributed by atoms with Crippen molar-refractivity contribution in [2.45, 2.75) is 31.7 Å². The minimum absolute atomic E-state index is 0.0278. The van der Waals surface area contributed by atoms with Crippen molar-refractivity contribution in [2.75, 3.05) is 6.54 Å². The summed E-state index contributed by atoms with van der Waals surface area (Å²) in [4.78, 5) is 0. The van der Waals surface area contributed by atoms with Crippen molar-refractivity contribution in [3.63, 3.8) is 0 Å². The fraction of sp³-hybridized carbons (Fsp3) is 1.00. The van der Waals surface area contributed by atoms with Crippen molar-refractivity contribution in [1.29, 1.82) is 0 Å². The number of halogens is 1. The second-order valence-electron chi connectivity index (χ2n) is 2.59. The highest BCUT2D eigenvalue weighted by molar-refractivity contribution is 4.84. The van der Waals surface area contributed by atoms with Gasteiger partial charge in [-0.2, -0.15) is 0 Å². The molecule has 0 radical (unpaired) electrons. The van der Waals surface area contributed by atoms with Gasteiger partial charge in [0.25, 0.3) is 0 Å². The lowest BCUT2D eigenvalue weighted by atomic mass is 10.1. The normalized spacial score (nSPS) is 39.0. The van der Waals surface area contributed by atoms with Crippen molar-refractivity contribution in [1.82, 2.24) is 5.32 Å². The van der Waals surface area contributed by atoms with Crippen LogP contribution in [-0.2, 0) is 0 Å². The predicted octanol–water partition coefficient (Wildman–Crippen LogP) is 0.0672. The van der Waals surface area contributed by atoms with Gasteiger partial charge in [0.15, 0.2) is 0 Å². The van der Waals surface area contributed by atoms with Crippen molar-refractivity contribution in [3.05, 3.63) is 0 Å². The van der Waals surface area contributed by atoms with Crippen molar-refractivity contribution in [2.24, 2.45) is 0 Å². The summed E-state index contributed by atoms with van der Waals surface area (Å²) in [5.41, 5.74) is 0. The van der Waals surface area contributed by atoms with E-state index in [2.05, 4.69) is 5.32 Å². The van der Waals surface area contributed by atoms with E-state index in [0.29, 0.717) is 13.0 Å². The van der Waals surface area contributed by atoms with Gasteiger partial charge in [-0.05, 0) is 13.3 Å². The van der Waals surface area contributed by atoms with E-state index < -0.39 is 12.3 Å². The lowest BCUT2D eigenvalue weighted by Crippen LogP contribution is -2.32. The number of alkyl halides is 1. The summed E-state index contributed by atoms with van der Waals surface area (Å²) in [5.74, 6) is 0. The minimum Gasteiger partial charge on any atom is -0.392 e. The topological polar surface area (TPSA) is 32.3 Å². The molecule has 0 aromatic rings. The smallest absolute Gasteiger partial charge is 0.114 e. The average Bonchev–Trinajstić information content (AvgIpc) is 2.14. The SMILES string of the molecule is C[C@@H](O)[C@@H]1C[C@H](F)CN1. The molecule has 0 saturated carbocycles. The van der Waals surface area contributed by atoms with E-state index in [0.717, 1.165) is 0 Å². The summed E-state index contributed by atoms with van der Waals surface area (Å²) in [6.45, 7) is 2.07. The van der Waals surface area contributed by atoms with Crippen LogP contribution in [0.15, 0.2) is 0 Å². The lowest BCUT2D eigenvalue weighted by molar-refractivity contribution is 0.151. The lowest BCUT2D eigenvalue weighted by Gasteiger charge is -2.11. The van der Waals surface area contributed by atoms with Crippen molar-refractivity contribution < 1.29 is 9.50 Å². The Hall–Kier alpha value is -0.150. The summed E-state index contributed by atoms with van der Waals surface area (Å²) in [5, 5.41) is 11.8. The molecule has 1 heterocycles. The van der Waals surface area contributed by atoms with Crippen LogP contribution in [-0.4, -0.2) is 30.0 Å². The summed E-state index contributed by atoms with van der Waals surface area (Å²) in [6.07, 6.45) is -0.729.